The molecular formula is C19H31Cl2N3O. The van der Waals surface area contributed by atoms with Crippen molar-refractivity contribution < 1.29 is 4.79 Å². The Hall–Kier alpha value is -0.810. The van der Waals surface area contributed by atoms with E-state index in [-0.39, 0.29) is 48.7 Å². The van der Waals surface area contributed by atoms with Crippen LogP contribution >= 0.6 is 24.8 Å². The number of hydrogen-bond donors (Lipinski definition) is 1. The van der Waals surface area contributed by atoms with E-state index in [0.717, 1.165) is 19.6 Å². The third kappa shape index (κ3) is 5.33. The van der Waals surface area contributed by atoms with E-state index in [9.17, 15) is 4.79 Å². The molecule has 2 fully saturated rings. The van der Waals surface area contributed by atoms with Gasteiger partial charge in [0.2, 0.25) is 5.91 Å². The molecule has 142 valence electrons. The molecule has 25 heavy (non-hydrogen) atoms. The van der Waals surface area contributed by atoms with Crippen LogP contribution in [0.15, 0.2) is 30.3 Å². The van der Waals surface area contributed by atoms with Crippen LogP contribution in [0.25, 0.3) is 0 Å². The summed E-state index contributed by atoms with van der Waals surface area (Å²) < 4.78 is 0. The number of nitrogens with two attached hydrogens (primary N) is 1. The summed E-state index contributed by atoms with van der Waals surface area (Å²) in [5, 5.41) is 0. The predicted molar refractivity (Wildman–Crippen MR) is 108 cm³/mol. The lowest BCUT2D eigenvalue weighted by Gasteiger charge is -2.30. The third-order valence-corrected chi connectivity index (χ3v) is 5.45. The van der Waals surface area contributed by atoms with Crippen LogP contribution in [-0.2, 0) is 4.79 Å². The summed E-state index contributed by atoms with van der Waals surface area (Å²) in [5.41, 5.74) is 7.58. The van der Waals surface area contributed by atoms with Gasteiger partial charge < -0.3 is 10.6 Å². The summed E-state index contributed by atoms with van der Waals surface area (Å²) in [4.78, 5) is 17.2. The lowest BCUT2D eigenvalue weighted by Crippen LogP contribution is -2.47. The number of carbonyl (C=O) groups is 1. The Kier molecular flexibility index (Phi) is 9.22. The van der Waals surface area contributed by atoms with Gasteiger partial charge in [-0.25, -0.2) is 0 Å². The molecule has 0 aromatic heterocycles. The van der Waals surface area contributed by atoms with Crippen LogP contribution in [0.5, 0.6) is 0 Å². The van der Waals surface area contributed by atoms with E-state index < -0.39 is 0 Å². The Bertz CT molecular complexity index is 521. The van der Waals surface area contributed by atoms with Gasteiger partial charge in [-0.05, 0) is 38.4 Å². The van der Waals surface area contributed by atoms with E-state index >= 15 is 0 Å². The first-order chi connectivity index (χ1) is 11.2. The quantitative estimate of drug-likeness (QED) is 0.866. The third-order valence-electron chi connectivity index (χ3n) is 5.45. The number of halogens is 2. The van der Waals surface area contributed by atoms with Gasteiger partial charge >= 0.3 is 0 Å². The SMILES string of the molecule is CC(C(=O)N1C[C@@H](N)[C@H](c2ccccc2)C1)N1CCCCCC1.Cl.Cl. The van der Waals surface area contributed by atoms with Gasteiger partial charge in [0.1, 0.15) is 0 Å². The van der Waals surface area contributed by atoms with Gasteiger partial charge in [0.25, 0.3) is 0 Å². The monoisotopic (exact) mass is 387 g/mol. The molecule has 0 aliphatic carbocycles. The van der Waals surface area contributed by atoms with Gasteiger partial charge in [0.15, 0.2) is 0 Å². The highest BCUT2D eigenvalue weighted by atomic mass is 35.5. The second-order valence-corrected chi connectivity index (χ2v) is 7.05. The zero-order valence-electron chi connectivity index (χ0n) is 15.0. The topological polar surface area (TPSA) is 49.6 Å². The normalized spacial score (nSPS) is 25.4. The lowest BCUT2D eigenvalue weighted by atomic mass is 9.95. The van der Waals surface area contributed by atoms with Crippen LogP contribution in [0.1, 0.15) is 44.1 Å². The minimum absolute atomic E-state index is 0. The number of amides is 1. The van der Waals surface area contributed by atoms with Crippen LogP contribution in [0.2, 0.25) is 0 Å². The van der Waals surface area contributed by atoms with Gasteiger partial charge in [0, 0.05) is 25.0 Å². The van der Waals surface area contributed by atoms with Gasteiger partial charge in [-0.1, -0.05) is 43.2 Å². The average molecular weight is 388 g/mol. The van der Waals surface area contributed by atoms with Crippen LogP contribution in [0.4, 0.5) is 0 Å². The van der Waals surface area contributed by atoms with E-state index in [1.165, 1.54) is 31.2 Å². The van der Waals surface area contributed by atoms with Gasteiger partial charge in [-0.2, -0.15) is 0 Å². The highest BCUT2D eigenvalue weighted by molar-refractivity contribution is 5.85. The Labute approximate surface area is 163 Å². The number of hydrogen-bond acceptors (Lipinski definition) is 3. The fraction of sp³-hybridized carbons (Fsp3) is 0.632. The zero-order valence-corrected chi connectivity index (χ0v) is 16.6. The summed E-state index contributed by atoms with van der Waals surface area (Å²) in [5.74, 6) is 0.511. The minimum Gasteiger partial charge on any atom is -0.339 e. The molecule has 0 spiro atoms. The summed E-state index contributed by atoms with van der Waals surface area (Å²) in [6.45, 7) is 5.59. The summed E-state index contributed by atoms with van der Waals surface area (Å²) >= 11 is 0. The average Bonchev–Trinajstić information content (AvgIpc) is 2.79. The smallest absolute Gasteiger partial charge is 0.239 e. The van der Waals surface area contributed by atoms with Crippen molar-refractivity contribution in [1.82, 2.24) is 9.80 Å². The molecule has 2 aliphatic heterocycles. The standard InChI is InChI=1S/C19H29N3O.2ClH/c1-15(21-11-7-2-3-8-12-21)19(23)22-13-17(18(20)14-22)16-9-5-4-6-10-16;;/h4-6,9-10,15,17-18H,2-3,7-8,11-14,20H2,1H3;2*1H/t15?,17-,18+;;/m0../s1. The molecule has 0 bridgehead atoms. The summed E-state index contributed by atoms with van der Waals surface area (Å²) in [6, 6.07) is 10.4. The molecule has 1 aromatic rings. The molecule has 1 unspecified atom stereocenters. The molecule has 0 radical (unpaired) electrons. The van der Waals surface area contributed by atoms with Gasteiger partial charge in [-0.15, -0.1) is 24.8 Å². The van der Waals surface area contributed by atoms with Crippen molar-refractivity contribution in [2.24, 2.45) is 5.73 Å². The molecule has 1 aromatic carbocycles. The van der Waals surface area contributed by atoms with Crippen molar-refractivity contribution in [3.63, 3.8) is 0 Å². The molecule has 4 nitrogen and oxygen atoms in total. The van der Waals surface area contributed by atoms with E-state index in [2.05, 4.69) is 24.0 Å². The Morgan fingerprint density at radius 3 is 2.24 bits per heavy atom. The lowest BCUT2D eigenvalue weighted by molar-refractivity contribution is -0.135. The first kappa shape index (κ1) is 22.2. The molecule has 1 amide bonds. The first-order valence-corrected chi connectivity index (χ1v) is 9.00. The van der Waals surface area contributed by atoms with Crippen molar-refractivity contribution in [1.29, 1.82) is 0 Å². The molecule has 3 atom stereocenters. The van der Waals surface area contributed by atoms with Crippen molar-refractivity contribution in [2.75, 3.05) is 26.2 Å². The fourth-order valence-electron chi connectivity index (χ4n) is 3.96. The van der Waals surface area contributed by atoms with Gasteiger partial charge in [0.05, 0.1) is 6.04 Å². The van der Waals surface area contributed by atoms with Crippen LogP contribution in [-0.4, -0.2) is 54.0 Å². The zero-order chi connectivity index (χ0) is 16.2. The fourth-order valence-corrected chi connectivity index (χ4v) is 3.96. The predicted octanol–water partition coefficient (Wildman–Crippen LogP) is 3.05. The Balaban J connectivity index is 0.00000156. The van der Waals surface area contributed by atoms with Crippen molar-refractivity contribution in [3.8, 4) is 0 Å². The first-order valence-electron chi connectivity index (χ1n) is 9.00. The molecule has 2 N–H and O–H groups in total. The van der Waals surface area contributed by atoms with E-state index in [4.69, 9.17) is 5.73 Å². The largest absolute Gasteiger partial charge is 0.339 e. The maximum Gasteiger partial charge on any atom is 0.239 e. The molecule has 2 heterocycles. The number of carbonyl (C=O) groups excluding carboxylic acids is 1. The van der Waals surface area contributed by atoms with Crippen LogP contribution in [0.3, 0.4) is 0 Å². The number of benzene rings is 1. The van der Waals surface area contributed by atoms with Gasteiger partial charge in [-0.3, -0.25) is 9.69 Å². The molecule has 2 saturated heterocycles. The summed E-state index contributed by atoms with van der Waals surface area (Å²) in [6.07, 6.45) is 5.01. The number of rotatable bonds is 3. The van der Waals surface area contributed by atoms with E-state index in [1.807, 2.05) is 23.1 Å². The second-order valence-electron chi connectivity index (χ2n) is 7.05. The van der Waals surface area contributed by atoms with Crippen LogP contribution < -0.4 is 5.73 Å². The summed E-state index contributed by atoms with van der Waals surface area (Å²) in [7, 11) is 0. The maximum atomic E-state index is 12.9. The molecule has 6 heteroatoms. The highest BCUT2D eigenvalue weighted by Crippen LogP contribution is 2.27. The van der Waals surface area contributed by atoms with Crippen molar-refractivity contribution in [2.45, 2.75) is 50.6 Å². The van der Waals surface area contributed by atoms with Crippen molar-refractivity contribution in [3.05, 3.63) is 35.9 Å². The van der Waals surface area contributed by atoms with Crippen molar-refractivity contribution >= 4 is 30.7 Å². The Morgan fingerprint density at radius 2 is 1.64 bits per heavy atom. The van der Waals surface area contributed by atoms with E-state index in [1.54, 1.807) is 0 Å². The minimum atomic E-state index is -0.0187. The highest BCUT2D eigenvalue weighted by Gasteiger charge is 2.36. The Morgan fingerprint density at radius 1 is 1.04 bits per heavy atom. The van der Waals surface area contributed by atoms with Crippen LogP contribution in [0, 0.1) is 0 Å². The maximum absolute atomic E-state index is 12.9. The number of likely N-dealkylation sites (tertiary alicyclic amines) is 2. The molecule has 0 saturated carbocycles. The second kappa shape index (κ2) is 10.4. The van der Waals surface area contributed by atoms with E-state index in [0.29, 0.717) is 6.54 Å². The number of nitrogens with zero attached hydrogens (tertiary/aromatic N) is 2. The molecule has 3 rings (SSSR count). The molecule has 2 aliphatic rings. The molecular weight excluding hydrogens is 357 g/mol.